The average Bonchev–Trinajstić information content (AvgIpc) is 3.00. The van der Waals surface area contributed by atoms with E-state index in [0.717, 1.165) is 18.5 Å². The molecule has 0 bridgehead atoms. The van der Waals surface area contributed by atoms with Crippen molar-refractivity contribution in [3.63, 3.8) is 0 Å². The van der Waals surface area contributed by atoms with E-state index in [9.17, 15) is 4.79 Å². The predicted octanol–water partition coefficient (Wildman–Crippen LogP) is 2.30. The maximum Gasteiger partial charge on any atom is 0.321 e. The number of nitrogens with one attached hydrogen (secondary N) is 1. The summed E-state index contributed by atoms with van der Waals surface area (Å²) in [6, 6.07) is 8.33. The van der Waals surface area contributed by atoms with Gasteiger partial charge in [-0.05, 0) is 37.5 Å². The van der Waals surface area contributed by atoms with Crippen molar-refractivity contribution in [1.82, 2.24) is 5.32 Å². The Morgan fingerprint density at radius 3 is 2.80 bits per heavy atom. The summed E-state index contributed by atoms with van der Waals surface area (Å²) in [6.07, 6.45) is 2.24. The summed E-state index contributed by atoms with van der Waals surface area (Å²) < 4.78 is 0. The largest absolute Gasteiger partial charge is 0.335 e. The molecule has 1 fully saturated rings. The van der Waals surface area contributed by atoms with E-state index < -0.39 is 0 Å². The van der Waals surface area contributed by atoms with Crippen LogP contribution in [0, 0.1) is 6.92 Å². The minimum atomic E-state index is -0.0110. The molecular weight excluding hydrogens is 188 g/mol. The molecule has 1 aliphatic carbocycles. The highest BCUT2D eigenvalue weighted by Gasteiger charge is 2.24. The van der Waals surface area contributed by atoms with Gasteiger partial charge in [-0.25, -0.2) is 4.79 Å². The second-order valence-electron chi connectivity index (χ2n) is 4.12. The van der Waals surface area contributed by atoms with Crippen LogP contribution in [-0.4, -0.2) is 19.1 Å². The topological polar surface area (TPSA) is 32.3 Å². The monoisotopic (exact) mass is 204 g/mol. The highest BCUT2D eigenvalue weighted by Crippen LogP contribution is 2.20. The number of anilines is 1. The van der Waals surface area contributed by atoms with Crippen LogP contribution in [0.2, 0.25) is 0 Å². The third-order valence-corrected chi connectivity index (χ3v) is 2.60. The van der Waals surface area contributed by atoms with E-state index in [1.54, 1.807) is 11.9 Å². The summed E-state index contributed by atoms with van der Waals surface area (Å²) in [5, 5.41) is 2.96. The molecule has 0 aromatic heterocycles. The maximum atomic E-state index is 11.7. The van der Waals surface area contributed by atoms with Gasteiger partial charge in [0.05, 0.1) is 0 Å². The summed E-state index contributed by atoms with van der Waals surface area (Å²) in [7, 11) is 1.80. The standard InChI is InChI=1S/C12H16N2O/c1-9-4-3-5-11(8-9)14(2)12(15)13-10-6-7-10/h3-5,8,10H,6-7H2,1-2H3,(H,13,15). The average molecular weight is 204 g/mol. The molecule has 2 rings (SSSR count). The Labute approximate surface area is 90.1 Å². The number of carbonyl (C=O) groups is 1. The second-order valence-corrected chi connectivity index (χ2v) is 4.12. The lowest BCUT2D eigenvalue weighted by atomic mass is 10.2. The van der Waals surface area contributed by atoms with Crippen molar-refractivity contribution < 1.29 is 4.79 Å². The van der Waals surface area contributed by atoms with Crippen LogP contribution < -0.4 is 10.2 Å². The molecule has 0 saturated heterocycles. The fraction of sp³-hybridized carbons (Fsp3) is 0.417. The van der Waals surface area contributed by atoms with Crippen molar-refractivity contribution in [2.24, 2.45) is 0 Å². The molecule has 1 aromatic rings. The number of hydrogen-bond donors (Lipinski definition) is 1. The smallest absolute Gasteiger partial charge is 0.321 e. The van der Waals surface area contributed by atoms with Crippen LogP contribution in [0.25, 0.3) is 0 Å². The SMILES string of the molecule is Cc1cccc(N(C)C(=O)NC2CC2)c1. The Bertz CT molecular complexity index is 372. The molecule has 0 aliphatic heterocycles. The van der Waals surface area contributed by atoms with Crippen LogP contribution in [0.15, 0.2) is 24.3 Å². The first-order chi connectivity index (χ1) is 7.16. The second kappa shape index (κ2) is 3.93. The quantitative estimate of drug-likeness (QED) is 0.787. The van der Waals surface area contributed by atoms with Gasteiger partial charge in [-0.3, -0.25) is 4.90 Å². The van der Waals surface area contributed by atoms with E-state index in [1.807, 2.05) is 31.2 Å². The predicted molar refractivity (Wildman–Crippen MR) is 61.1 cm³/mol. The Balaban J connectivity index is 2.05. The van der Waals surface area contributed by atoms with Gasteiger partial charge in [-0.2, -0.15) is 0 Å². The van der Waals surface area contributed by atoms with Crippen LogP contribution in [0.5, 0.6) is 0 Å². The Kier molecular flexibility index (Phi) is 2.62. The molecule has 2 amide bonds. The minimum Gasteiger partial charge on any atom is -0.335 e. The minimum absolute atomic E-state index is 0.0110. The summed E-state index contributed by atoms with van der Waals surface area (Å²) in [6.45, 7) is 2.02. The third-order valence-electron chi connectivity index (χ3n) is 2.60. The Morgan fingerprint density at radius 1 is 1.47 bits per heavy atom. The molecule has 1 N–H and O–H groups in total. The molecule has 0 atom stereocenters. The van der Waals surface area contributed by atoms with Crippen LogP contribution in [-0.2, 0) is 0 Å². The van der Waals surface area contributed by atoms with Crippen molar-refractivity contribution in [3.8, 4) is 0 Å². The number of hydrogen-bond acceptors (Lipinski definition) is 1. The van der Waals surface area contributed by atoms with Crippen molar-refractivity contribution in [3.05, 3.63) is 29.8 Å². The van der Waals surface area contributed by atoms with Crippen molar-refractivity contribution in [2.45, 2.75) is 25.8 Å². The molecule has 3 nitrogen and oxygen atoms in total. The molecule has 0 radical (unpaired) electrons. The van der Waals surface area contributed by atoms with E-state index in [0.29, 0.717) is 6.04 Å². The number of urea groups is 1. The summed E-state index contributed by atoms with van der Waals surface area (Å²) in [5.41, 5.74) is 2.10. The van der Waals surface area contributed by atoms with Gasteiger partial charge >= 0.3 is 6.03 Å². The Morgan fingerprint density at radius 2 is 2.20 bits per heavy atom. The zero-order valence-electron chi connectivity index (χ0n) is 9.16. The summed E-state index contributed by atoms with van der Waals surface area (Å²) in [5.74, 6) is 0. The lowest BCUT2D eigenvalue weighted by Crippen LogP contribution is -2.38. The summed E-state index contributed by atoms with van der Waals surface area (Å²) >= 11 is 0. The molecule has 0 spiro atoms. The normalized spacial score (nSPS) is 14.8. The van der Waals surface area contributed by atoms with Crippen molar-refractivity contribution >= 4 is 11.7 Å². The Hall–Kier alpha value is -1.51. The van der Waals surface area contributed by atoms with E-state index in [1.165, 1.54) is 5.56 Å². The van der Waals surface area contributed by atoms with Crippen LogP contribution in [0.3, 0.4) is 0 Å². The highest BCUT2D eigenvalue weighted by molar-refractivity contribution is 5.91. The lowest BCUT2D eigenvalue weighted by molar-refractivity contribution is 0.247. The molecule has 1 aromatic carbocycles. The van der Waals surface area contributed by atoms with Gasteiger partial charge in [0.15, 0.2) is 0 Å². The highest BCUT2D eigenvalue weighted by atomic mass is 16.2. The van der Waals surface area contributed by atoms with E-state index >= 15 is 0 Å². The molecule has 1 saturated carbocycles. The molecular formula is C12H16N2O. The van der Waals surface area contributed by atoms with Gasteiger partial charge in [0, 0.05) is 18.8 Å². The van der Waals surface area contributed by atoms with Crippen LogP contribution in [0.1, 0.15) is 18.4 Å². The van der Waals surface area contributed by atoms with Crippen LogP contribution >= 0.6 is 0 Å². The first kappa shape index (κ1) is 10.0. The van der Waals surface area contributed by atoms with Gasteiger partial charge in [0.1, 0.15) is 0 Å². The number of benzene rings is 1. The number of nitrogens with zero attached hydrogens (tertiary/aromatic N) is 1. The maximum absolute atomic E-state index is 11.7. The van der Waals surface area contributed by atoms with Crippen molar-refractivity contribution in [1.29, 1.82) is 0 Å². The van der Waals surface area contributed by atoms with E-state index in [2.05, 4.69) is 5.32 Å². The van der Waals surface area contributed by atoms with Crippen LogP contribution in [0.4, 0.5) is 10.5 Å². The van der Waals surface area contributed by atoms with Gasteiger partial charge in [0.2, 0.25) is 0 Å². The molecule has 0 heterocycles. The lowest BCUT2D eigenvalue weighted by Gasteiger charge is -2.18. The number of rotatable bonds is 2. The molecule has 3 heteroatoms. The molecule has 80 valence electrons. The zero-order valence-corrected chi connectivity index (χ0v) is 9.16. The first-order valence-corrected chi connectivity index (χ1v) is 5.28. The zero-order chi connectivity index (χ0) is 10.8. The van der Waals surface area contributed by atoms with Crippen molar-refractivity contribution in [2.75, 3.05) is 11.9 Å². The van der Waals surface area contributed by atoms with Gasteiger partial charge in [0.25, 0.3) is 0 Å². The molecule has 0 unspecified atom stereocenters. The fourth-order valence-corrected chi connectivity index (χ4v) is 1.45. The number of amides is 2. The number of aryl methyl sites for hydroxylation is 1. The van der Waals surface area contributed by atoms with Gasteiger partial charge < -0.3 is 5.32 Å². The summed E-state index contributed by atoms with van der Waals surface area (Å²) in [4.78, 5) is 13.4. The van der Waals surface area contributed by atoms with E-state index in [4.69, 9.17) is 0 Å². The number of carbonyl (C=O) groups excluding carboxylic acids is 1. The van der Waals surface area contributed by atoms with Gasteiger partial charge in [-0.1, -0.05) is 12.1 Å². The fourth-order valence-electron chi connectivity index (χ4n) is 1.45. The van der Waals surface area contributed by atoms with E-state index in [-0.39, 0.29) is 6.03 Å². The first-order valence-electron chi connectivity index (χ1n) is 5.28. The third kappa shape index (κ3) is 2.49. The van der Waals surface area contributed by atoms with Gasteiger partial charge in [-0.15, -0.1) is 0 Å². The molecule has 1 aliphatic rings. The molecule has 15 heavy (non-hydrogen) atoms.